The highest BCUT2D eigenvalue weighted by atomic mass is 19.4. The van der Waals surface area contributed by atoms with Crippen LogP contribution in [0, 0.1) is 0 Å². The molecule has 1 amide bonds. The first-order valence-electron chi connectivity index (χ1n) is 4.34. The van der Waals surface area contributed by atoms with Crippen molar-refractivity contribution in [1.29, 1.82) is 0 Å². The Morgan fingerprint density at radius 2 is 1.93 bits per heavy atom. The first-order valence-corrected chi connectivity index (χ1v) is 4.34. The van der Waals surface area contributed by atoms with Gasteiger partial charge in [0.15, 0.2) is 6.10 Å². The topological polar surface area (TPSA) is 78.3 Å². The van der Waals surface area contributed by atoms with Crippen molar-refractivity contribution in [3.8, 4) is 0 Å². The number of amides is 1. The molecular formula is C8H15F3N2O2. The number of nitrogens with two attached hydrogens (primary N) is 2. The number of hydrogen-bond donors (Lipinski definition) is 2. The number of halogens is 3. The van der Waals surface area contributed by atoms with Gasteiger partial charge in [-0.05, 0) is 20.3 Å². The Kier molecular flexibility index (Phi) is 4.54. The van der Waals surface area contributed by atoms with Gasteiger partial charge in [-0.1, -0.05) is 0 Å². The summed E-state index contributed by atoms with van der Waals surface area (Å²) in [7, 11) is 0. The molecule has 0 aromatic rings. The van der Waals surface area contributed by atoms with Crippen LogP contribution in [0.25, 0.3) is 0 Å². The molecule has 15 heavy (non-hydrogen) atoms. The largest absolute Gasteiger partial charge is 0.414 e. The fraction of sp³-hybridized carbons (Fsp3) is 0.875. The molecule has 0 aliphatic heterocycles. The summed E-state index contributed by atoms with van der Waals surface area (Å²) in [5, 5.41) is 0. The van der Waals surface area contributed by atoms with Crippen molar-refractivity contribution in [2.45, 2.75) is 38.1 Å². The van der Waals surface area contributed by atoms with Gasteiger partial charge in [-0.3, -0.25) is 4.79 Å². The van der Waals surface area contributed by atoms with Gasteiger partial charge in [0.2, 0.25) is 5.91 Å². The van der Waals surface area contributed by atoms with Crippen LogP contribution in [-0.4, -0.2) is 30.3 Å². The number of primary amides is 1. The molecule has 0 bridgehead atoms. The van der Waals surface area contributed by atoms with Crippen molar-refractivity contribution in [1.82, 2.24) is 0 Å². The average Bonchev–Trinajstić information content (AvgIpc) is 2.01. The Bertz CT molecular complexity index is 228. The minimum Gasteiger partial charge on any atom is -0.369 e. The van der Waals surface area contributed by atoms with Gasteiger partial charge >= 0.3 is 6.18 Å². The maximum absolute atomic E-state index is 12.0. The second-order valence-electron chi connectivity index (χ2n) is 3.59. The van der Waals surface area contributed by atoms with Crippen LogP contribution < -0.4 is 11.5 Å². The molecule has 0 aromatic heterocycles. The zero-order valence-corrected chi connectivity index (χ0v) is 8.60. The van der Waals surface area contributed by atoms with E-state index in [9.17, 15) is 18.0 Å². The lowest BCUT2D eigenvalue weighted by Crippen LogP contribution is -2.50. The highest BCUT2D eigenvalue weighted by Crippen LogP contribution is 2.22. The first-order chi connectivity index (χ1) is 6.57. The third-order valence-electron chi connectivity index (χ3n) is 2.01. The Hall–Kier alpha value is -0.820. The third-order valence-corrected chi connectivity index (χ3v) is 2.01. The summed E-state index contributed by atoms with van der Waals surface area (Å²) in [6.45, 7) is 1.96. The second-order valence-corrected chi connectivity index (χ2v) is 3.59. The van der Waals surface area contributed by atoms with E-state index >= 15 is 0 Å². The fourth-order valence-electron chi connectivity index (χ4n) is 0.665. The summed E-state index contributed by atoms with van der Waals surface area (Å²) in [6.07, 6.45) is -6.33. The minimum atomic E-state index is -4.41. The summed E-state index contributed by atoms with van der Waals surface area (Å²) in [6, 6.07) is 0. The van der Waals surface area contributed by atoms with Crippen LogP contribution in [0.1, 0.15) is 20.3 Å². The van der Waals surface area contributed by atoms with E-state index in [-0.39, 0.29) is 13.0 Å². The molecule has 7 heteroatoms. The van der Waals surface area contributed by atoms with Crippen molar-refractivity contribution < 1.29 is 22.7 Å². The number of ether oxygens (including phenoxy) is 1. The molecule has 90 valence electrons. The minimum absolute atomic E-state index is 0.0528. The highest BCUT2D eigenvalue weighted by molar-refractivity contribution is 5.83. The van der Waals surface area contributed by atoms with Crippen molar-refractivity contribution in [3.63, 3.8) is 0 Å². The Balaban J connectivity index is 3.95. The van der Waals surface area contributed by atoms with Gasteiger partial charge in [-0.15, -0.1) is 0 Å². The molecule has 0 saturated carbocycles. The molecule has 2 atom stereocenters. The predicted octanol–water partition coefficient (Wildman–Crippen LogP) is 0.547. The molecule has 0 aromatic carbocycles. The zero-order chi connectivity index (χ0) is 12.3. The molecule has 0 saturated heterocycles. The van der Waals surface area contributed by atoms with Crippen LogP contribution in [-0.2, 0) is 9.53 Å². The molecule has 0 spiro atoms. The maximum atomic E-state index is 12.0. The van der Waals surface area contributed by atoms with E-state index in [0.717, 1.165) is 6.92 Å². The van der Waals surface area contributed by atoms with E-state index in [2.05, 4.69) is 4.74 Å². The predicted molar refractivity (Wildman–Crippen MR) is 47.9 cm³/mol. The van der Waals surface area contributed by atoms with Gasteiger partial charge in [0.25, 0.3) is 0 Å². The van der Waals surface area contributed by atoms with E-state index in [4.69, 9.17) is 11.5 Å². The van der Waals surface area contributed by atoms with Gasteiger partial charge in [0.05, 0.1) is 5.54 Å². The number of rotatable bonds is 5. The molecule has 2 unspecified atom stereocenters. The second kappa shape index (κ2) is 4.80. The lowest BCUT2D eigenvalue weighted by atomic mass is 9.99. The SMILES string of the molecule is CC(OCCC(C)(N)C(N)=O)C(F)(F)F. The molecule has 0 fully saturated rings. The zero-order valence-electron chi connectivity index (χ0n) is 8.60. The standard InChI is InChI=1S/C8H15F3N2O2/c1-5(8(9,10)11)15-4-3-7(2,13)6(12)14/h5H,3-4,13H2,1-2H3,(H2,12,14). The average molecular weight is 228 g/mol. The van der Waals surface area contributed by atoms with Crippen molar-refractivity contribution in [2.75, 3.05) is 6.61 Å². The van der Waals surface area contributed by atoms with Gasteiger partial charge in [0, 0.05) is 6.61 Å². The Morgan fingerprint density at radius 3 is 2.27 bits per heavy atom. The van der Waals surface area contributed by atoms with E-state index in [1.807, 2.05) is 0 Å². The third kappa shape index (κ3) is 4.98. The molecule has 0 heterocycles. The van der Waals surface area contributed by atoms with E-state index < -0.39 is 23.7 Å². The summed E-state index contributed by atoms with van der Waals surface area (Å²) < 4.78 is 40.4. The molecule has 0 aliphatic carbocycles. The van der Waals surface area contributed by atoms with Crippen LogP contribution in [0.15, 0.2) is 0 Å². The van der Waals surface area contributed by atoms with E-state index in [1.165, 1.54) is 6.92 Å². The van der Waals surface area contributed by atoms with Gasteiger partial charge in [-0.25, -0.2) is 0 Å². The molecular weight excluding hydrogens is 213 g/mol. The Morgan fingerprint density at radius 1 is 1.47 bits per heavy atom. The fourth-order valence-corrected chi connectivity index (χ4v) is 0.665. The normalized spacial score (nSPS) is 18.3. The van der Waals surface area contributed by atoms with E-state index in [1.54, 1.807) is 0 Å². The lowest BCUT2D eigenvalue weighted by Gasteiger charge is -2.22. The van der Waals surface area contributed by atoms with Crippen LogP contribution in [0.3, 0.4) is 0 Å². The lowest BCUT2D eigenvalue weighted by molar-refractivity contribution is -0.214. The summed E-state index contributed by atoms with van der Waals surface area (Å²) in [5.41, 5.74) is 9.01. The van der Waals surface area contributed by atoms with E-state index in [0.29, 0.717) is 0 Å². The molecule has 0 radical (unpaired) electrons. The van der Waals surface area contributed by atoms with Crippen molar-refractivity contribution >= 4 is 5.91 Å². The van der Waals surface area contributed by atoms with Crippen molar-refractivity contribution in [2.24, 2.45) is 11.5 Å². The summed E-state index contributed by atoms with van der Waals surface area (Å²) >= 11 is 0. The first kappa shape index (κ1) is 14.2. The Labute approximate surface area is 85.7 Å². The van der Waals surface area contributed by atoms with Gasteiger partial charge < -0.3 is 16.2 Å². The van der Waals surface area contributed by atoms with Crippen LogP contribution in [0.4, 0.5) is 13.2 Å². The van der Waals surface area contributed by atoms with Gasteiger partial charge in [0.1, 0.15) is 0 Å². The summed E-state index contributed by atoms with van der Waals surface area (Å²) in [4.78, 5) is 10.7. The quantitative estimate of drug-likeness (QED) is 0.721. The number of carbonyl (C=O) groups is 1. The molecule has 0 aliphatic rings. The van der Waals surface area contributed by atoms with Crippen LogP contribution in [0.5, 0.6) is 0 Å². The smallest absolute Gasteiger partial charge is 0.369 e. The highest BCUT2D eigenvalue weighted by Gasteiger charge is 2.37. The van der Waals surface area contributed by atoms with Crippen LogP contribution in [0.2, 0.25) is 0 Å². The van der Waals surface area contributed by atoms with Crippen LogP contribution >= 0.6 is 0 Å². The van der Waals surface area contributed by atoms with Crippen molar-refractivity contribution in [3.05, 3.63) is 0 Å². The number of alkyl halides is 3. The maximum Gasteiger partial charge on any atom is 0.414 e. The molecule has 4 N–H and O–H groups in total. The molecule has 4 nitrogen and oxygen atoms in total. The number of hydrogen-bond acceptors (Lipinski definition) is 3. The van der Waals surface area contributed by atoms with Gasteiger partial charge in [-0.2, -0.15) is 13.2 Å². The monoisotopic (exact) mass is 228 g/mol. The molecule has 0 rings (SSSR count). The summed E-state index contributed by atoms with van der Waals surface area (Å²) in [5.74, 6) is -0.772. The number of carbonyl (C=O) groups excluding carboxylic acids is 1.